The molecule has 2 aromatic carbocycles. The molecule has 0 radical (unpaired) electrons. The third-order valence-corrected chi connectivity index (χ3v) is 5.86. The summed E-state index contributed by atoms with van der Waals surface area (Å²) < 4.78 is 0. The Kier molecular flexibility index (Phi) is 6.95. The van der Waals surface area contributed by atoms with Gasteiger partial charge in [0.2, 0.25) is 0 Å². The quantitative estimate of drug-likeness (QED) is 0.346. The maximum atomic E-state index is 11.4. The molecule has 0 amide bonds. The average Bonchev–Trinajstić information content (AvgIpc) is 2.58. The predicted octanol–water partition coefficient (Wildman–Crippen LogP) is 3.56. The van der Waals surface area contributed by atoms with E-state index in [-0.39, 0.29) is 32.3 Å². The highest BCUT2D eigenvalue weighted by Crippen LogP contribution is 2.46. The molecule has 0 saturated carbocycles. The average molecular weight is 424 g/mol. The van der Waals surface area contributed by atoms with Crippen molar-refractivity contribution >= 4 is 44.9 Å². The van der Waals surface area contributed by atoms with Gasteiger partial charge in [-0.15, -0.1) is 0 Å². The summed E-state index contributed by atoms with van der Waals surface area (Å²) in [6, 6.07) is 8.41. The lowest BCUT2D eigenvalue weighted by Gasteiger charge is -2.08. The standard InChI is InChI=1S/C16H12N2O8S2/c19-13(20)7-9-3-1-5-11(15(9)17(23)24)27-28-12-6-2-4-10(8-14(21)22)16(12)18(25)26/h1-6H,7-8H2,(H,19,20)(H,21,22). The first-order chi connectivity index (χ1) is 13.2. The van der Waals surface area contributed by atoms with Gasteiger partial charge < -0.3 is 10.2 Å². The van der Waals surface area contributed by atoms with E-state index in [0.29, 0.717) is 0 Å². The number of carbonyl (C=O) groups is 2. The summed E-state index contributed by atoms with van der Waals surface area (Å²) in [5.74, 6) is -2.45. The van der Waals surface area contributed by atoms with E-state index in [2.05, 4.69) is 0 Å². The number of aliphatic carboxylic acids is 2. The third kappa shape index (κ3) is 5.20. The molecule has 0 aliphatic heterocycles. The van der Waals surface area contributed by atoms with Crippen LogP contribution in [0.25, 0.3) is 0 Å². The van der Waals surface area contributed by atoms with Crippen LogP contribution in [0, 0.1) is 20.2 Å². The topological polar surface area (TPSA) is 161 Å². The van der Waals surface area contributed by atoms with Gasteiger partial charge in [0.05, 0.1) is 32.5 Å². The van der Waals surface area contributed by atoms with E-state index >= 15 is 0 Å². The number of hydrogen-bond acceptors (Lipinski definition) is 8. The number of nitro groups is 2. The summed E-state index contributed by atoms with van der Waals surface area (Å²) in [6.45, 7) is 0. The summed E-state index contributed by atoms with van der Waals surface area (Å²) in [7, 11) is 1.72. The molecule has 10 nitrogen and oxygen atoms in total. The Morgan fingerprint density at radius 2 is 1.14 bits per heavy atom. The van der Waals surface area contributed by atoms with Gasteiger partial charge in [0.1, 0.15) is 0 Å². The van der Waals surface area contributed by atoms with Crippen molar-refractivity contribution in [2.45, 2.75) is 22.6 Å². The van der Waals surface area contributed by atoms with Crippen LogP contribution in [0.4, 0.5) is 11.4 Å². The SMILES string of the molecule is O=C(O)Cc1cccc(SSc2cccc(CC(=O)O)c2[N+](=O)[O-])c1[N+](=O)[O-]. The fraction of sp³-hybridized carbons (Fsp3) is 0.125. The highest BCUT2D eigenvalue weighted by Gasteiger charge is 2.25. The summed E-state index contributed by atoms with van der Waals surface area (Å²) in [6.07, 6.45) is -1.08. The van der Waals surface area contributed by atoms with Gasteiger partial charge in [0.15, 0.2) is 0 Å². The molecular weight excluding hydrogens is 412 g/mol. The second kappa shape index (κ2) is 9.19. The van der Waals surface area contributed by atoms with E-state index in [1.165, 1.54) is 36.4 Å². The zero-order valence-corrected chi connectivity index (χ0v) is 15.6. The molecule has 146 valence electrons. The van der Waals surface area contributed by atoms with Crippen LogP contribution < -0.4 is 0 Å². The van der Waals surface area contributed by atoms with Crippen molar-refractivity contribution in [3.05, 3.63) is 67.8 Å². The molecule has 0 aliphatic carbocycles. The van der Waals surface area contributed by atoms with Crippen LogP contribution in [0.5, 0.6) is 0 Å². The van der Waals surface area contributed by atoms with Crippen molar-refractivity contribution in [3.63, 3.8) is 0 Å². The van der Waals surface area contributed by atoms with Gasteiger partial charge in [-0.2, -0.15) is 0 Å². The molecule has 0 saturated heterocycles. The van der Waals surface area contributed by atoms with Crippen molar-refractivity contribution in [1.82, 2.24) is 0 Å². The van der Waals surface area contributed by atoms with Crippen LogP contribution >= 0.6 is 21.6 Å². The number of carboxylic acid groups (broad SMARTS) is 2. The number of para-hydroxylation sites is 2. The maximum absolute atomic E-state index is 11.4. The molecule has 0 bridgehead atoms. The minimum absolute atomic E-state index is 0.0113. The van der Waals surface area contributed by atoms with E-state index in [9.17, 15) is 29.8 Å². The van der Waals surface area contributed by atoms with Crippen molar-refractivity contribution in [1.29, 1.82) is 0 Å². The second-order valence-electron chi connectivity index (χ2n) is 5.35. The number of nitrogens with zero attached hydrogens (tertiary/aromatic N) is 2. The Bertz CT molecular complexity index is 886. The van der Waals surface area contributed by atoms with E-state index < -0.39 is 34.6 Å². The molecule has 0 aliphatic rings. The molecule has 2 aromatic rings. The molecule has 2 N–H and O–H groups in total. The molecule has 28 heavy (non-hydrogen) atoms. The molecule has 0 aromatic heterocycles. The summed E-state index contributed by atoms with van der Waals surface area (Å²) in [5, 5.41) is 40.6. The van der Waals surface area contributed by atoms with Crippen LogP contribution in [0.15, 0.2) is 46.2 Å². The molecule has 0 fully saturated rings. The van der Waals surface area contributed by atoms with E-state index in [1.807, 2.05) is 0 Å². The van der Waals surface area contributed by atoms with E-state index in [1.54, 1.807) is 0 Å². The first-order valence-corrected chi connectivity index (χ1v) is 9.66. The summed E-state index contributed by atoms with van der Waals surface area (Å²) in [5.41, 5.74) is -0.743. The molecule has 0 spiro atoms. The smallest absolute Gasteiger partial charge is 0.308 e. The molecule has 0 heterocycles. The van der Waals surface area contributed by atoms with Crippen LogP contribution in [-0.4, -0.2) is 32.0 Å². The Morgan fingerprint density at radius 1 is 0.786 bits per heavy atom. The Balaban J connectivity index is 2.39. The predicted molar refractivity (Wildman–Crippen MR) is 101 cm³/mol. The summed E-state index contributed by atoms with van der Waals surface area (Å²) in [4.78, 5) is 43.5. The Labute approximate surface area is 165 Å². The van der Waals surface area contributed by atoms with Gasteiger partial charge in [-0.1, -0.05) is 24.3 Å². The minimum Gasteiger partial charge on any atom is -0.481 e. The lowest BCUT2D eigenvalue weighted by molar-refractivity contribution is -0.388. The normalized spacial score (nSPS) is 10.4. The Hall–Kier alpha value is -3.12. The number of carboxylic acids is 2. The Morgan fingerprint density at radius 3 is 1.43 bits per heavy atom. The van der Waals surface area contributed by atoms with Gasteiger partial charge in [0, 0.05) is 11.1 Å². The molecule has 0 unspecified atom stereocenters. The van der Waals surface area contributed by atoms with Crippen molar-refractivity contribution in [2.75, 3.05) is 0 Å². The molecule has 12 heteroatoms. The van der Waals surface area contributed by atoms with Crippen LogP contribution in [-0.2, 0) is 22.4 Å². The highest BCUT2D eigenvalue weighted by molar-refractivity contribution is 8.76. The van der Waals surface area contributed by atoms with Crippen molar-refractivity contribution < 1.29 is 29.6 Å². The third-order valence-electron chi connectivity index (χ3n) is 3.43. The minimum atomic E-state index is -1.23. The highest BCUT2D eigenvalue weighted by atomic mass is 33.1. The number of rotatable bonds is 9. The largest absolute Gasteiger partial charge is 0.481 e. The zero-order chi connectivity index (χ0) is 20.8. The molecule has 2 rings (SSSR count). The number of hydrogen-bond donors (Lipinski definition) is 2. The first-order valence-electron chi connectivity index (χ1n) is 7.51. The fourth-order valence-electron chi connectivity index (χ4n) is 2.39. The maximum Gasteiger partial charge on any atom is 0.308 e. The lowest BCUT2D eigenvalue weighted by Crippen LogP contribution is -2.05. The summed E-state index contributed by atoms with van der Waals surface area (Å²) >= 11 is 0. The zero-order valence-electron chi connectivity index (χ0n) is 13.9. The van der Waals surface area contributed by atoms with Crippen LogP contribution in [0.2, 0.25) is 0 Å². The van der Waals surface area contributed by atoms with E-state index in [4.69, 9.17) is 10.2 Å². The van der Waals surface area contributed by atoms with Gasteiger partial charge >= 0.3 is 11.9 Å². The fourth-order valence-corrected chi connectivity index (χ4v) is 4.75. The van der Waals surface area contributed by atoms with Crippen molar-refractivity contribution in [2.24, 2.45) is 0 Å². The molecule has 0 atom stereocenters. The second-order valence-corrected chi connectivity index (χ2v) is 7.56. The molecular formula is C16H12N2O8S2. The van der Waals surface area contributed by atoms with E-state index in [0.717, 1.165) is 21.6 Å². The number of nitro benzene ring substituents is 2. The first kappa shape index (κ1) is 21.2. The van der Waals surface area contributed by atoms with Crippen LogP contribution in [0.1, 0.15) is 11.1 Å². The van der Waals surface area contributed by atoms with Gasteiger partial charge in [-0.3, -0.25) is 29.8 Å². The van der Waals surface area contributed by atoms with Gasteiger partial charge in [-0.05, 0) is 33.7 Å². The van der Waals surface area contributed by atoms with Crippen LogP contribution in [0.3, 0.4) is 0 Å². The lowest BCUT2D eigenvalue weighted by atomic mass is 10.1. The van der Waals surface area contributed by atoms with Gasteiger partial charge in [-0.25, -0.2) is 0 Å². The van der Waals surface area contributed by atoms with Gasteiger partial charge in [0.25, 0.3) is 11.4 Å². The number of benzene rings is 2. The van der Waals surface area contributed by atoms with Crippen molar-refractivity contribution in [3.8, 4) is 0 Å². The monoisotopic (exact) mass is 424 g/mol.